The molecule has 0 aromatic heterocycles. The fourth-order valence-corrected chi connectivity index (χ4v) is 1.84. The quantitative estimate of drug-likeness (QED) is 0.672. The van der Waals surface area contributed by atoms with E-state index in [1.165, 1.54) is 12.1 Å². The van der Waals surface area contributed by atoms with Crippen molar-refractivity contribution in [3.05, 3.63) is 27.7 Å². The number of hydrogen-bond donors (Lipinski definition) is 4. The zero-order valence-electron chi connectivity index (χ0n) is 8.89. The minimum absolute atomic E-state index is 0. The van der Waals surface area contributed by atoms with Crippen LogP contribution in [0.2, 0.25) is 0 Å². The smallest absolute Gasteiger partial charge is 0.335 e. The van der Waals surface area contributed by atoms with Gasteiger partial charge in [-0.1, -0.05) is 0 Å². The number of rotatable bonds is 4. The fraction of sp³-hybridized carbons (Fsp3) is 0.300. The summed E-state index contributed by atoms with van der Waals surface area (Å²) in [7, 11) is 0. The first-order chi connectivity index (χ1) is 7.47. The molecule has 0 aliphatic carbocycles. The van der Waals surface area contributed by atoms with Crippen molar-refractivity contribution in [1.82, 2.24) is 0 Å². The van der Waals surface area contributed by atoms with Gasteiger partial charge in [0.15, 0.2) is 0 Å². The molecular weight excluding hydrogens is 311 g/mol. The number of aromatic hydroxyl groups is 1. The molecule has 0 fully saturated rings. The van der Waals surface area contributed by atoms with Gasteiger partial charge in [0.2, 0.25) is 0 Å². The van der Waals surface area contributed by atoms with Crippen LogP contribution in [0.3, 0.4) is 0 Å². The zero-order valence-corrected chi connectivity index (χ0v) is 11.3. The van der Waals surface area contributed by atoms with E-state index in [2.05, 4.69) is 15.9 Å². The van der Waals surface area contributed by atoms with Gasteiger partial charge in [0.05, 0.1) is 10.0 Å². The predicted molar refractivity (Wildman–Crippen MR) is 70.6 cm³/mol. The van der Waals surface area contributed by atoms with Crippen molar-refractivity contribution in [2.75, 3.05) is 6.54 Å². The van der Waals surface area contributed by atoms with Crippen molar-refractivity contribution >= 4 is 34.3 Å². The van der Waals surface area contributed by atoms with Crippen molar-refractivity contribution < 1.29 is 15.0 Å². The van der Waals surface area contributed by atoms with Crippen LogP contribution in [-0.2, 0) is 0 Å². The van der Waals surface area contributed by atoms with Crippen LogP contribution >= 0.6 is 28.3 Å². The van der Waals surface area contributed by atoms with Crippen LogP contribution in [0.1, 0.15) is 28.4 Å². The summed E-state index contributed by atoms with van der Waals surface area (Å²) in [6.45, 7) is 0.371. The minimum Gasteiger partial charge on any atom is -0.506 e. The minimum atomic E-state index is -1.07. The van der Waals surface area contributed by atoms with Gasteiger partial charge in [-0.05, 0) is 41.0 Å². The van der Waals surface area contributed by atoms with Gasteiger partial charge in [0.25, 0.3) is 0 Å². The van der Waals surface area contributed by atoms with Crippen LogP contribution < -0.4 is 11.5 Å². The fourth-order valence-electron chi connectivity index (χ4n) is 1.36. The highest BCUT2D eigenvalue weighted by Crippen LogP contribution is 2.33. The van der Waals surface area contributed by atoms with Gasteiger partial charge in [-0.2, -0.15) is 0 Å². The lowest BCUT2D eigenvalue weighted by Crippen LogP contribution is -2.16. The maximum Gasteiger partial charge on any atom is 0.335 e. The Balaban J connectivity index is 0.00000256. The highest BCUT2D eigenvalue weighted by atomic mass is 79.9. The van der Waals surface area contributed by atoms with E-state index in [9.17, 15) is 9.90 Å². The lowest BCUT2D eigenvalue weighted by Gasteiger charge is -2.14. The molecule has 1 aromatic carbocycles. The first-order valence-electron chi connectivity index (χ1n) is 4.68. The Morgan fingerprint density at radius 2 is 2.06 bits per heavy atom. The molecule has 0 spiro atoms. The van der Waals surface area contributed by atoms with Crippen LogP contribution in [0.4, 0.5) is 0 Å². The highest BCUT2D eigenvalue weighted by Gasteiger charge is 2.16. The first-order valence-corrected chi connectivity index (χ1v) is 5.48. The number of benzene rings is 1. The Morgan fingerprint density at radius 3 is 2.53 bits per heavy atom. The van der Waals surface area contributed by atoms with Crippen molar-refractivity contribution in [3.63, 3.8) is 0 Å². The van der Waals surface area contributed by atoms with E-state index in [1.54, 1.807) is 0 Å². The highest BCUT2D eigenvalue weighted by molar-refractivity contribution is 9.10. The average Bonchev–Trinajstić information content (AvgIpc) is 2.21. The Hall–Kier alpha value is -0.820. The molecule has 6 N–H and O–H groups in total. The summed E-state index contributed by atoms with van der Waals surface area (Å²) in [6, 6.07) is 2.22. The number of phenols is 1. The molecule has 1 rings (SSSR count). The van der Waals surface area contributed by atoms with E-state index >= 15 is 0 Å². The summed E-state index contributed by atoms with van der Waals surface area (Å²) in [5.74, 6) is -1.10. The summed E-state index contributed by atoms with van der Waals surface area (Å²) in [5, 5.41) is 18.6. The molecule has 1 aromatic rings. The molecular formula is C10H14BrClN2O3. The third-order valence-electron chi connectivity index (χ3n) is 2.22. The molecule has 1 atom stereocenters. The van der Waals surface area contributed by atoms with Gasteiger partial charge in [-0.15, -0.1) is 12.4 Å². The molecule has 96 valence electrons. The standard InChI is InChI=1S/C10H13BrN2O3.ClH/c11-7-4-5(10(15)16)3-6(9(7)14)8(13)1-2-12;/h3-4,8,14H,1-2,12-13H2,(H,15,16);1H/t8-;/m0./s1. The van der Waals surface area contributed by atoms with Gasteiger partial charge >= 0.3 is 5.97 Å². The monoisotopic (exact) mass is 324 g/mol. The average molecular weight is 326 g/mol. The number of halogens is 2. The summed E-state index contributed by atoms with van der Waals surface area (Å²) in [5.41, 5.74) is 11.6. The lowest BCUT2D eigenvalue weighted by molar-refractivity contribution is 0.0696. The van der Waals surface area contributed by atoms with Crippen molar-refractivity contribution in [2.24, 2.45) is 11.5 Å². The SMILES string of the molecule is Cl.NCC[C@H](N)c1cc(C(=O)O)cc(Br)c1O. The number of carboxylic acid groups (broad SMARTS) is 1. The van der Waals surface area contributed by atoms with Crippen LogP contribution in [0.5, 0.6) is 5.75 Å². The van der Waals surface area contributed by atoms with Gasteiger partial charge in [0.1, 0.15) is 5.75 Å². The maximum absolute atomic E-state index is 10.8. The van der Waals surface area contributed by atoms with Crippen LogP contribution in [-0.4, -0.2) is 22.7 Å². The molecule has 0 amide bonds. The van der Waals surface area contributed by atoms with Crippen LogP contribution in [0.15, 0.2) is 16.6 Å². The van der Waals surface area contributed by atoms with E-state index in [-0.39, 0.29) is 23.7 Å². The van der Waals surface area contributed by atoms with E-state index < -0.39 is 12.0 Å². The molecule has 0 aliphatic rings. The third-order valence-corrected chi connectivity index (χ3v) is 2.82. The van der Waals surface area contributed by atoms with Crippen molar-refractivity contribution in [1.29, 1.82) is 0 Å². The predicted octanol–water partition coefficient (Wildman–Crippen LogP) is 1.62. The van der Waals surface area contributed by atoms with E-state index in [0.29, 0.717) is 23.0 Å². The molecule has 0 saturated carbocycles. The van der Waals surface area contributed by atoms with E-state index in [1.807, 2.05) is 0 Å². The largest absolute Gasteiger partial charge is 0.506 e. The van der Waals surface area contributed by atoms with Gasteiger partial charge in [0, 0.05) is 11.6 Å². The van der Waals surface area contributed by atoms with Crippen LogP contribution in [0.25, 0.3) is 0 Å². The lowest BCUT2D eigenvalue weighted by atomic mass is 10.0. The molecule has 0 bridgehead atoms. The molecule has 0 unspecified atom stereocenters. The van der Waals surface area contributed by atoms with Gasteiger partial charge in [-0.3, -0.25) is 0 Å². The molecule has 0 aliphatic heterocycles. The first kappa shape index (κ1) is 16.2. The van der Waals surface area contributed by atoms with Crippen molar-refractivity contribution in [3.8, 4) is 5.75 Å². The Morgan fingerprint density at radius 1 is 1.47 bits per heavy atom. The molecule has 5 nitrogen and oxygen atoms in total. The second-order valence-electron chi connectivity index (χ2n) is 3.38. The third kappa shape index (κ3) is 3.85. The maximum atomic E-state index is 10.8. The number of carbonyl (C=O) groups is 1. The number of hydrogen-bond acceptors (Lipinski definition) is 4. The summed E-state index contributed by atoms with van der Waals surface area (Å²) >= 11 is 3.08. The summed E-state index contributed by atoms with van der Waals surface area (Å²) < 4.78 is 0.315. The Labute approximate surface area is 113 Å². The van der Waals surface area contributed by atoms with Gasteiger partial charge in [-0.25, -0.2) is 4.79 Å². The molecule has 17 heavy (non-hydrogen) atoms. The van der Waals surface area contributed by atoms with E-state index in [4.69, 9.17) is 16.6 Å². The molecule has 0 heterocycles. The van der Waals surface area contributed by atoms with Crippen LogP contribution in [0, 0.1) is 0 Å². The number of nitrogens with two attached hydrogens (primary N) is 2. The normalized spacial score (nSPS) is 11.7. The summed E-state index contributed by atoms with van der Waals surface area (Å²) in [6.07, 6.45) is 0.475. The second kappa shape index (κ2) is 6.80. The Bertz CT molecular complexity index is 415. The molecule has 0 radical (unpaired) electrons. The summed E-state index contributed by atoms with van der Waals surface area (Å²) in [4.78, 5) is 10.8. The Kier molecular flexibility index (Phi) is 6.48. The topological polar surface area (TPSA) is 110 Å². The zero-order chi connectivity index (χ0) is 12.3. The van der Waals surface area contributed by atoms with Gasteiger partial charge < -0.3 is 21.7 Å². The number of carboxylic acids is 1. The second-order valence-corrected chi connectivity index (χ2v) is 4.24. The van der Waals surface area contributed by atoms with E-state index in [0.717, 1.165) is 0 Å². The number of aromatic carboxylic acids is 1. The number of phenolic OH excluding ortho intramolecular Hbond substituents is 1. The van der Waals surface area contributed by atoms with Crippen molar-refractivity contribution in [2.45, 2.75) is 12.5 Å². The molecule has 0 saturated heterocycles. The molecule has 7 heteroatoms.